The van der Waals surface area contributed by atoms with Crippen molar-refractivity contribution in [2.24, 2.45) is 5.92 Å². The first-order valence-corrected chi connectivity index (χ1v) is 7.69. The molecule has 0 spiro atoms. The Labute approximate surface area is 131 Å². The van der Waals surface area contributed by atoms with E-state index in [9.17, 15) is 9.59 Å². The van der Waals surface area contributed by atoms with Crippen LogP contribution in [0.4, 0.5) is 5.69 Å². The van der Waals surface area contributed by atoms with Crippen LogP contribution in [-0.2, 0) is 9.59 Å². The third kappa shape index (κ3) is 5.76. The predicted octanol–water partition coefficient (Wildman–Crippen LogP) is 3.33. The van der Waals surface area contributed by atoms with Crippen molar-refractivity contribution in [1.82, 2.24) is 0 Å². The zero-order valence-electron chi connectivity index (χ0n) is 13.5. The van der Waals surface area contributed by atoms with Gasteiger partial charge in [-0.15, -0.1) is 0 Å². The molecule has 0 aliphatic heterocycles. The molecule has 0 aliphatic carbocycles. The molecule has 5 nitrogen and oxygen atoms in total. The third-order valence-corrected chi connectivity index (χ3v) is 3.05. The summed E-state index contributed by atoms with van der Waals surface area (Å²) in [6.45, 7) is 6.64. The fourth-order valence-electron chi connectivity index (χ4n) is 2.06. The molecule has 1 amide bonds. The number of hydrogen-bond donors (Lipinski definition) is 1. The van der Waals surface area contributed by atoms with Crippen LogP contribution in [0.15, 0.2) is 24.3 Å². The van der Waals surface area contributed by atoms with Crippen LogP contribution in [0.1, 0.15) is 40.0 Å². The zero-order valence-corrected chi connectivity index (χ0v) is 13.5. The van der Waals surface area contributed by atoms with Gasteiger partial charge in [0.05, 0.1) is 18.7 Å². The molecule has 1 aromatic rings. The van der Waals surface area contributed by atoms with E-state index in [0.717, 1.165) is 6.42 Å². The Morgan fingerprint density at radius 2 is 1.95 bits per heavy atom. The van der Waals surface area contributed by atoms with Gasteiger partial charge in [-0.1, -0.05) is 32.9 Å². The van der Waals surface area contributed by atoms with Crippen molar-refractivity contribution in [3.05, 3.63) is 24.3 Å². The number of carboxylic acid groups (broad SMARTS) is 1. The lowest BCUT2D eigenvalue weighted by Crippen LogP contribution is -2.34. The standard InChI is InChI=1S/C17H25NO4/c1-4-11-22-15-8-6-5-7-14(15)18(10-9-17(20)21)16(19)12-13(2)3/h5-8,13H,4,9-12H2,1-3H3,(H,20,21). The second kappa shape index (κ2) is 9.07. The highest BCUT2D eigenvalue weighted by atomic mass is 16.5. The molecule has 0 radical (unpaired) electrons. The number of rotatable bonds is 9. The Morgan fingerprint density at radius 1 is 1.27 bits per heavy atom. The fraction of sp³-hybridized carbons (Fsp3) is 0.529. The molecule has 0 aromatic heterocycles. The van der Waals surface area contributed by atoms with E-state index < -0.39 is 5.97 Å². The van der Waals surface area contributed by atoms with Crippen molar-refractivity contribution in [2.75, 3.05) is 18.1 Å². The predicted molar refractivity (Wildman–Crippen MR) is 86.3 cm³/mol. The van der Waals surface area contributed by atoms with Gasteiger partial charge in [0.1, 0.15) is 5.75 Å². The monoisotopic (exact) mass is 307 g/mol. The van der Waals surface area contributed by atoms with Crippen LogP contribution in [0.3, 0.4) is 0 Å². The normalized spacial score (nSPS) is 10.5. The highest BCUT2D eigenvalue weighted by Crippen LogP contribution is 2.29. The van der Waals surface area contributed by atoms with E-state index >= 15 is 0 Å². The van der Waals surface area contributed by atoms with E-state index in [-0.39, 0.29) is 24.8 Å². The molecular formula is C17H25NO4. The van der Waals surface area contributed by atoms with Gasteiger partial charge in [0.2, 0.25) is 5.91 Å². The van der Waals surface area contributed by atoms with Gasteiger partial charge in [0.15, 0.2) is 0 Å². The summed E-state index contributed by atoms with van der Waals surface area (Å²) in [5.74, 6) is -0.173. The van der Waals surface area contributed by atoms with E-state index in [1.165, 1.54) is 4.90 Å². The number of hydrogen-bond acceptors (Lipinski definition) is 3. The first-order chi connectivity index (χ1) is 10.5. The Balaban J connectivity index is 3.03. The Morgan fingerprint density at radius 3 is 2.55 bits per heavy atom. The van der Waals surface area contributed by atoms with Crippen LogP contribution in [0.25, 0.3) is 0 Å². The number of anilines is 1. The van der Waals surface area contributed by atoms with Crippen molar-refractivity contribution in [1.29, 1.82) is 0 Å². The Bertz CT molecular complexity index is 499. The average molecular weight is 307 g/mol. The number of carbonyl (C=O) groups is 2. The van der Waals surface area contributed by atoms with E-state index in [1.54, 1.807) is 12.1 Å². The first kappa shape index (κ1) is 18.0. The molecule has 0 bridgehead atoms. The number of ether oxygens (including phenoxy) is 1. The Hall–Kier alpha value is -2.04. The van der Waals surface area contributed by atoms with Gasteiger partial charge in [-0.3, -0.25) is 9.59 Å². The zero-order chi connectivity index (χ0) is 16.5. The molecule has 0 saturated carbocycles. The minimum atomic E-state index is -0.922. The lowest BCUT2D eigenvalue weighted by Gasteiger charge is -2.25. The van der Waals surface area contributed by atoms with Crippen molar-refractivity contribution in [2.45, 2.75) is 40.0 Å². The van der Waals surface area contributed by atoms with Gasteiger partial charge < -0.3 is 14.7 Å². The fourth-order valence-corrected chi connectivity index (χ4v) is 2.06. The number of carbonyl (C=O) groups excluding carboxylic acids is 1. The lowest BCUT2D eigenvalue weighted by atomic mass is 10.1. The maximum Gasteiger partial charge on any atom is 0.305 e. The van der Waals surface area contributed by atoms with Crippen LogP contribution in [0.5, 0.6) is 5.75 Å². The quantitative estimate of drug-likeness (QED) is 0.760. The Kier molecular flexibility index (Phi) is 7.43. The lowest BCUT2D eigenvalue weighted by molar-refractivity contribution is -0.136. The molecule has 0 unspecified atom stereocenters. The topological polar surface area (TPSA) is 66.8 Å². The van der Waals surface area contributed by atoms with E-state index in [0.29, 0.717) is 24.5 Å². The molecule has 1 N–H and O–H groups in total. The number of nitrogens with zero attached hydrogens (tertiary/aromatic N) is 1. The van der Waals surface area contributed by atoms with Gasteiger partial charge in [0, 0.05) is 13.0 Å². The van der Waals surface area contributed by atoms with Crippen molar-refractivity contribution < 1.29 is 19.4 Å². The summed E-state index contributed by atoms with van der Waals surface area (Å²) in [5, 5.41) is 8.91. The molecule has 0 atom stereocenters. The molecule has 5 heteroatoms. The summed E-state index contributed by atoms with van der Waals surface area (Å²) in [7, 11) is 0. The van der Waals surface area contributed by atoms with E-state index in [2.05, 4.69) is 0 Å². The molecule has 122 valence electrons. The first-order valence-electron chi connectivity index (χ1n) is 7.69. The van der Waals surface area contributed by atoms with Gasteiger partial charge in [0.25, 0.3) is 0 Å². The van der Waals surface area contributed by atoms with E-state index in [1.807, 2.05) is 32.9 Å². The molecule has 1 rings (SSSR count). The highest BCUT2D eigenvalue weighted by Gasteiger charge is 2.21. The summed E-state index contributed by atoms with van der Waals surface area (Å²) in [5.41, 5.74) is 0.642. The summed E-state index contributed by atoms with van der Waals surface area (Å²) < 4.78 is 5.69. The minimum absolute atomic E-state index is 0.0798. The van der Waals surface area contributed by atoms with Crippen LogP contribution in [0.2, 0.25) is 0 Å². The largest absolute Gasteiger partial charge is 0.491 e. The molecule has 22 heavy (non-hydrogen) atoms. The van der Waals surface area contributed by atoms with Gasteiger partial charge >= 0.3 is 5.97 Å². The van der Waals surface area contributed by atoms with Gasteiger partial charge in [-0.05, 0) is 24.5 Å². The summed E-state index contributed by atoms with van der Waals surface area (Å²) in [6.07, 6.45) is 1.15. The average Bonchev–Trinajstić information content (AvgIpc) is 2.45. The summed E-state index contributed by atoms with van der Waals surface area (Å²) in [6, 6.07) is 7.27. The van der Waals surface area contributed by atoms with Crippen molar-refractivity contribution in [3.8, 4) is 5.75 Å². The summed E-state index contributed by atoms with van der Waals surface area (Å²) >= 11 is 0. The minimum Gasteiger partial charge on any atom is -0.491 e. The number of aliphatic carboxylic acids is 1. The van der Waals surface area contributed by atoms with Crippen molar-refractivity contribution >= 4 is 17.6 Å². The molecule has 0 saturated heterocycles. The van der Waals surface area contributed by atoms with Gasteiger partial charge in [-0.2, -0.15) is 0 Å². The molecule has 0 aliphatic rings. The van der Waals surface area contributed by atoms with Crippen LogP contribution in [0, 0.1) is 5.92 Å². The SMILES string of the molecule is CCCOc1ccccc1N(CCC(=O)O)C(=O)CC(C)C. The van der Waals surface area contributed by atoms with Crippen molar-refractivity contribution in [3.63, 3.8) is 0 Å². The number of amides is 1. The second-order valence-electron chi connectivity index (χ2n) is 5.60. The maximum atomic E-state index is 12.5. The van der Waals surface area contributed by atoms with Gasteiger partial charge in [-0.25, -0.2) is 0 Å². The second-order valence-corrected chi connectivity index (χ2v) is 5.60. The molecule has 0 heterocycles. The molecular weight excluding hydrogens is 282 g/mol. The van der Waals surface area contributed by atoms with E-state index in [4.69, 9.17) is 9.84 Å². The number of benzene rings is 1. The van der Waals surface area contributed by atoms with Crippen LogP contribution >= 0.6 is 0 Å². The number of para-hydroxylation sites is 2. The smallest absolute Gasteiger partial charge is 0.305 e. The highest BCUT2D eigenvalue weighted by molar-refractivity contribution is 5.95. The third-order valence-electron chi connectivity index (χ3n) is 3.05. The van der Waals surface area contributed by atoms with Crippen LogP contribution in [-0.4, -0.2) is 30.1 Å². The summed E-state index contributed by atoms with van der Waals surface area (Å²) in [4.78, 5) is 24.9. The molecule has 1 aromatic carbocycles. The number of carboxylic acids is 1. The maximum absolute atomic E-state index is 12.5. The van der Waals surface area contributed by atoms with Crippen LogP contribution < -0.4 is 9.64 Å². The molecule has 0 fully saturated rings.